The highest BCUT2D eigenvalue weighted by Gasteiger charge is 2.39. The number of fused-ring (bicyclic) bond motifs is 6. The van der Waals surface area contributed by atoms with E-state index in [0.29, 0.717) is 5.56 Å². The van der Waals surface area contributed by atoms with Gasteiger partial charge in [0.05, 0.1) is 6.85 Å². The van der Waals surface area contributed by atoms with Crippen LogP contribution >= 0.6 is 0 Å². The fraction of sp³-hybridized carbons (Fsp3) is 0.0698. The van der Waals surface area contributed by atoms with Gasteiger partial charge in [0.2, 0.25) is 0 Å². The summed E-state index contributed by atoms with van der Waals surface area (Å²) in [5.74, 6) is 0. The van der Waals surface area contributed by atoms with E-state index >= 15 is 0 Å². The Hall–Kier alpha value is -5.40. The summed E-state index contributed by atoms with van der Waals surface area (Å²) in [4.78, 5) is 0. The van der Waals surface area contributed by atoms with Crippen molar-refractivity contribution >= 4 is 54.3 Å². The van der Waals surface area contributed by atoms with Crippen LogP contribution in [0.1, 0.15) is 31.8 Å². The molecule has 0 spiro atoms. The van der Waals surface area contributed by atoms with Gasteiger partial charge >= 0.3 is 0 Å². The van der Waals surface area contributed by atoms with Gasteiger partial charge in [-0.15, -0.1) is 0 Å². The molecule has 1 aromatic heterocycles. The molecule has 0 N–H and O–H groups in total. The van der Waals surface area contributed by atoms with Gasteiger partial charge in [0, 0.05) is 21.8 Å². The van der Waals surface area contributed by atoms with Crippen LogP contribution in [0, 0.1) is 0 Å². The van der Waals surface area contributed by atoms with Crippen LogP contribution in [-0.4, -0.2) is 0 Å². The number of furan rings is 1. The predicted octanol–water partition coefficient (Wildman–Crippen LogP) is 12.1. The number of hydrogen-bond donors (Lipinski definition) is 0. The third kappa shape index (κ3) is 2.99. The Labute approximate surface area is 262 Å². The van der Waals surface area contributed by atoms with Gasteiger partial charge in [-0.3, -0.25) is 0 Å². The third-order valence-corrected chi connectivity index (χ3v) is 9.91. The second kappa shape index (κ2) is 8.36. The van der Waals surface area contributed by atoms with Crippen molar-refractivity contribution in [2.45, 2.75) is 19.3 Å². The molecule has 0 amide bonds. The first-order valence-electron chi connectivity index (χ1n) is 17.5. The van der Waals surface area contributed by atoms with E-state index in [-0.39, 0.29) is 41.2 Å². The summed E-state index contributed by atoms with van der Waals surface area (Å²) in [7, 11) is 0. The number of benzene rings is 8. The third-order valence-electron chi connectivity index (χ3n) is 9.91. The van der Waals surface area contributed by atoms with Crippen molar-refractivity contribution in [2.24, 2.45) is 0 Å². The van der Waals surface area contributed by atoms with Gasteiger partial charge in [-0.2, -0.15) is 0 Å². The molecule has 0 saturated heterocycles. The molecule has 0 atom stereocenters. The van der Waals surface area contributed by atoms with Crippen molar-refractivity contribution in [3.05, 3.63) is 144 Å². The van der Waals surface area contributed by atoms with E-state index < -0.39 is 0 Å². The number of para-hydroxylation sites is 1. The van der Waals surface area contributed by atoms with Crippen LogP contribution in [0.15, 0.2) is 138 Å². The molecule has 0 unspecified atom stereocenters. The first-order valence-corrected chi connectivity index (χ1v) is 15.0. The maximum atomic E-state index is 8.76. The van der Waals surface area contributed by atoms with Gasteiger partial charge in [0.1, 0.15) is 11.2 Å². The Morgan fingerprint density at radius 1 is 0.523 bits per heavy atom. The first kappa shape index (κ1) is 19.7. The van der Waals surface area contributed by atoms with Crippen molar-refractivity contribution in [1.29, 1.82) is 0 Å². The fourth-order valence-electron chi connectivity index (χ4n) is 7.94. The van der Waals surface area contributed by atoms with E-state index in [1.165, 1.54) is 22.3 Å². The second-order valence-electron chi connectivity index (χ2n) is 12.5. The molecule has 44 heavy (non-hydrogen) atoms. The van der Waals surface area contributed by atoms with E-state index in [1.54, 1.807) is 0 Å². The molecule has 9 aromatic rings. The van der Waals surface area contributed by atoms with Crippen LogP contribution in [-0.2, 0) is 5.41 Å². The molecular weight excluding hydrogens is 532 g/mol. The lowest BCUT2D eigenvalue weighted by Gasteiger charge is -2.22. The molecule has 0 saturated carbocycles. The van der Waals surface area contributed by atoms with Gasteiger partial charge in [-0.1, -0.05) is 135 Å². The highest BCUT2D eigenvalue weighted by Crippen LogP contribution is 2.56. The maximum Gasteiger partial charge on any atom is 0.136 e. The second-order valence-corrected chi connectivity index (χ2v) is 12.5. The average Bonchev–Trinajstić information content (AvgIpc) is 3.60. The Bertz CT molecular complexity index is 2890. The minimum atomic E-state index is -0.390. The van der Waals surface area contributed by atoms with Crippen LogP contribution in [0.2, 0.25) is 0 Å². The summed E-state index contributed by atoms with van der Waals surface area (Å²) in [5, 5.41) is 8.34. The summed E-state index contributed by atoms with van der Waals surface area (Å²) < 4.78 is 49.0. The van der Waals surface area contributed by atoms with E-state index in [4.69, 9.17) is 11.3 Å². The molecule has 0 radical (unpaired) electrons. The smallest absolute Gasteiger partial charge is 0.136 e. The Morgan fingerprint density at radius 2 is 1.18 bits per heavy atom. The van der Waals surface area contributed by atoms with Crippen molar-refractivity contribution in [3.8, 4) is 33.4 Å². The minimum Gasteiger partial charge on any atom is -0.456 e. The summed E-state index contributed by atoms with van der Waals surface area (Å²) in [6.45, 7) is 4.58. The molecule has 206 valence electrons. The van der Waals surface area contributed by atoms with Gasteiger partial charge in [0.15, 0.2) is 0 Å². The van der Waals surface area contributed by atoms with E-state index in [0.717, 1.165) is 65.4 Å². The molecule has 1 aliphatic rings. The zero-order valence-corrected chi connectivity index (χ0v) is 24.2. The molecule has 1 nitrogen and oxygen atoms in total. The van der Waals surface area contributed by atoms with Crippen molar-refractivity contribution in [3.63, 3.8) is 0 Å². The number of hydrogen-bond acceptors (Lipinski definition) is 1. The summed E-state index contributed by atoms with van der Waals surface area (Å²) in [5.41, 5.74) is 9.60. The Morgan fingerprint density at radius 3 is 1.98 bits per heavy atom. The van der Waals surface area contributed by atoms with Crippen LogP contribution in [0.3, 0.4) is 0 Å². The molecule has 0 fully saturated rings. The topological polar surface area (TPSA) is 13.1 Å². The quantitative estimate of drug-likeness (QED) is 0.190. The lowest BCUT2D eigenvalue weighted by molar-refractivity contribution is 0.647. The van der Waals surface area contributed by atoms with Crippen molar-refractivity contribution < 1.29 is 11.3 Å². The van der Waals surface area contributed by atoms with E-state index in [1.807, 2.05) is 30.3 Å². The average molecular weight is 566 g/mol. The predicted molar refractivity (Wildman–Crippen MR) is 186 cm³/mol. The molecule has 0 bridgehead atoms. The summed E-state index contributed by atoms with van der Waals surface area (Å²) in [6, 6.07) is 34.6. The van der Waals surface area contributed by atoms with Crippen LogP contribution in [0.25, 0.3) is 87.6 Å². The van der Waals surface area contributed by atoms with Gasteiger partial charge < -0.3 is 4.42 Å². The largest absolute Gasteiger partial charge is 0.456 e. The summed E-state index contributed by atoms with van der Waals surface area (Å²) >= 11 is 0. The Balaban J connectivity index is 1.37. The first-order chi connectivity index (χ1) is 23.7. The monoisotopic (exact) mass is 565 g/mol. The highest BCUT2D eigenvalue weighted by atomic mass is 16.3. The minimum absolute atomic E-state index is 0.197. The van der Waals surface area contributed by atoms with E-state index in [9.17, 15) is 0 Å². The molecule has 0 aliphatic heterocycles. The Kier molecular flexibility index (Phi) is 3.75. The van der Waals surface area contributed by atoms with Crippen LogP contribution in [0.4, 0.5) is 0 Å². The van der Waals surface area contributed by atoms with Crippen molar-refractivity contribution in [1.82, 2.24) is 0 Å². The van der Waals surface area contributed by atoms with Crippen LogP contribution < -0.4 is 0 Å². The molecule has 10 rings (SSSR count). The zero-order valence-electron chi connectivity index (χ0n) is 29.2. The zero-order chi connectivity index (χ0) is 33.5. The fourth-order valence-corrected chi connectivity index (χ4v) is 7.94. The molecule has 1 aliphatic carbocycles. The maximum absolute atomic E-state index is 8.76. The summed E-state index contributed by atoms with van der Waals surface area (Å²) in [6.07, 6.45) is 0. The van der Waals surface area contributed by atoms with E-state index in [2.05, 4.69) is 86.6 Å². The molecule has 1 heterocycles. The standard InChI is InChI=1S/C43H28O/c1-43(2)34-14-8-6-12-32(34)40-35(43)24-37-41(33-13-7-9-15-36(33)44-37)42(40)31-23-19-27-17-21-29-28(25-10-4-3-5-11-25)20-16-26-18-22-30(31)39(27)38(26)29/h3-24H,1-2H3/i3D,4D,5D,10D,11D. The normalized spacial score (nSPS) is 15.5. The van der Waals surface area contributed by atoms with Gasteiger partial charge in [0.25, 0.3) is 0 Å². The SMILES string of the molecule is [2H]c1c([2H])c([2H])c(-c2ccc3ccc4c(-c5c6c(cc7oc8ccccc8c57)C(C)(C)c5ccccc5-6)ccc5ccc2c3c54)c([2H])c1[2H]. The van der Waals surface area contributed by atoms with Crippen molar-refractivity contribution in [2.75, 3.05) is 0 Å². The molecule has 8 aromatic carbocycles. The van der Waals surface area contributed by atoms with Gasteiger partial charge in [-0.25, -0.2) is 0 Å². The van der Waals surface area contributed by atoms with Gasteiger partial charge in [-0.05, 0) is 83.4 Å². The molecular formula is C43H28O. The number of rotatable bonds is 2. The highest BCUT2D eigenvalue weighted by molar-refractivity contribution is 6.29. The van der Waals surface area contributed by atoms with Crippen LogP contribution in [0.5, 0.6) is 0 Å². The molecule has 1 heteroatoms. The lowest BCUT2D eigenvalue weighted by atomic mass is 9.80. The lowest BCUT2D eigenvalue weighted by Crippen LogP contribution is -2.14.